The molecule has 33 heavy (non-hydrogen) atoms. The molecule has 0 bridgehead atoms. The Morgan fingerprint density at radius 1 is 1.24 bits per heavy atom. The molecule has 1 fully saturated rings. The smallest absolute Gasteiger partial charge is 0.269 e. The van der Waals surface area contributed by atoms with E-state index in [1.54, 1.807) is 26.3 Å². The molecule has 1 amide bonds. The van der Waals surface area contributed by atoms with Crippen molar-refractivity contribution in [3.63, 3.8) is 0 Å². The van der Waals surface area contributed by atoms with Gasteiger partial charge in [0.15, 0.2) is 5.82 Å². The van der Waals surface area contributed by atoms with Crippen LogP contribution in [0.2, 0.25) is 0 Å². The van der Waals surface area contributed by atoms with Crippen molar-refractivity contribution >= 4 is 11.7 Å². The molecule has 3 aromatic heterocycles. The monoisotopic (exact) mass is 445 g/mol. The number of nitrogens with one attached hydrogen (secondary N) is 2. The van der Waals surface area contributed by atoms with Crippen molar-refractivity contribution in [3.8, 4) is 28.5 Å². The zero-order valence-corrected chi connectivity index (χ0v) is 18.3. The second kappa shape index (κ2) is 8.73. The highest BCUT2D eigenvalue weighted by Gasteiger charge is 2.26. The fourth-order valence-electron chi connectivity index (χ4n) is 3.83. The Labute approximate surface area is 190 Å². The summed E-state index contributed by atoms with van der Waals surface area (Å²) in [7, 11) is 1.62. The van der Waals surface area contributed by atoms with Crippen LogP contribution in [0.1, 0.15) is 22.7 Å². The number of carbonyl (C=O) groups excluding carboxylic acids is 1. The topological polar surface area (TPSA) is 122 Å². The van der Waals surface area contributed by atoms with E-state index in [4.69, 9.17) is 9.26 Å². The first-order chi connectivity index (χ1) is 16.1. The van der Waals surface area contributed by atoms with Crippen LogP contribution in [0.25, 0.3) is 22.7 Å². The first kappa shape index (κ1) is 20.7. The Balaban J connectivity index is 1.20. The number of ether oxygens (including phenoxy) is 1. The lowest BCUT2D eigenvalue weighted by atomic mass is 10.1. The van der Waals surface area contributed by atoms with Gasteiger partial charge in [-0.2, -0.15) is 10.1 Å². The molecule has 5 rings (SSSR count). The largest absolute Gasteiger partial charge is 0.497 e. The van der Waals surface area contributed by atoms with Gasteiger partial charge in [-0.1, -0.05) is 17.3 Å². The predicted octanol–water partition coefficient (Wildman–Crippen LogP) is 2.85. The van der Waals surface area contributed by atoms with E-state index < -0.39 is 0 Å². The van der Waals surface area contributed by atoms with Crippen molar-refractivity contribution in [2.45, 2.75) is 19.4 Å². The summed E-state index contributed by atoms with van der Waals surface area (Å²) in [6, 6.07) is 13.2. The number of aromatic nitrogens is 5. The van der Waals surface area contributed by atoms with E-state index in [0.29, 0.717) is 29.6 Å². The summed E-state index contributed by atoms with van der Waals surface area (Å²) in [5, 5.41) is 14.0. The summed E-state index contributed by atoms with van der Waals surface area (Å²) in [6.07, 6.45) is 2.55. The fourth-order valence-corrected chi connectivity index (χ4v) is 3.83. The standard InChI is InChI=1S/C23H23N7O3/c1-14-25-23(33-29-14)16-6-7-21(24-12-16)30-9-8-17(13-30)26-22(31)20-11-19(27-28-20)15-4-3-5-18(10-15)32-2/h3-7,10-12,17H,8-9,13H2,1-2H3,(H,26,31)(H,27,28)/t17-/m0/s1. The van der Waals surface area contributed by atoms with Crippen LogP contribution in [0.15, 0.2) is 53.2 Å². The number of benzene rings is 1. The number of anilines is 1. The van der Waals surface area contributed by atoms with Gasteiger partial charge in [0.05, 0.1) is 18.4 Å². The van der Waals surface area contributed by atoms with E-state index in [1.165, 1.54) is 0 Å². The maximum absolute atomic E-state index is 12.8. The summed E-state index contributed by atoms with van der Waals surface area (Å²) in [5.41, 5.74) is 2.76. The molecule has 1 aliphatic rings. The summed E-state index contributed by atoms with van der Waals surface area (Å²) in [5.74, 6) is 2.43. The van der Waals surface area contributed by atoms with Gasteiger partial charge in [-0.3, -0.25) is 9.89 Å². The number of H-pyrrole nitrogens is 1. The minimum absolute atomic E-state index is 0.0149. The van der Waals surface area contributed by atoms with Crippen LogP contribution in [0.4, 0.5) is 5.82 Å². The number of methoxy groups -OCH3 is 1. The molecule has 1 saturated heterocycles. The second-order valence-corrected chi connectivity index (χ2v) is 7.86. The first-order valence-electron chi connectivity index (χ1n) is 10.6. The minimum atomic E-state index is -0.182. The van der Waals surface area contributed by atoms with Gasteiger partial charge >= 0.3 is 0 Å². The van der Waals surface area contributed by atoms with Crippen molar-refractivity contribution in [1.82, 2.24) is 30.6 Å². The number of carbonyl (C=O) groups is 1. The Morgan fingerprint density at radius 3 is 2.91 bits per heavy atom. The normalized spacial score (nSPS) is 15.6. The number of hydrogen-bond acceptors (Lipinski definition) is 8. The van der Waals surface area contributed by atoms with Crippen LogP contribution in [0, 0.1) is 6.92 Å². The van der Waals surface area contributed by atoms with Gasteiger partial charge in [0.2, 0.25) is 0 Å². The average Bonchev–Trinajstić information content (AvgIpc) is 3.60. The summed E-state index contributed by atoms with van der Waals surface area (Å²) in [6.45, 7) is 3.25. The number of nitrogens with zero attached hydrogens (tertiary/aromatic N) is 5. The van der Waals surface area contributed by atoms with Gasteiger partial charge in [-0.15, -0.1) is 0 Å². The minimum Gasteiger partial charge on any atom is -0.497 e. The van der Waals surface area contributed by atoms with Crippen LogP contribution in [-0.2, 0) is 0 Å². The van der Waals surface area contributed by atoms with Crippen molar-refractivity contribution in [2.75, 3.05) is 25.1 Å². The second-order valence-electron chi connectivity index (χ2n) is 7.86. The predicted molar refractivity (Wildman–Crippen MR) is 121 cm³/mol. The van der Waals surface area contributed by atoms with Crippen molar-refractivity contribution in [3.05, 3.63) is 60.2 Å². The fraction of sp³-hybridized carbons (Fsp3) is 0.261. The lowest BCUT2D eigenvalue weighted by Crippen LogP contribution is -2.37. The third-order valence-corrected chi connectivity index (χ3v) is 5.56. The molecule has 168 valence electrons. The van der Waals surface area contributed by atoms with E-state index in [0.717, 1.165) is 35.7 Å². The number of rotatable bonds is 6. The van der Waals surface area contributed by atoms with E-state index in [9.17, 15) is 4.79 Å². The molecule has 0 aliphatic carbocycles. The summed E-state index contributed by atoms with van der Waals surface area (Å²) >= 11 is 0. The van der Waals surface area contributed by atoms with Crippen LogP contribution in [0.3, 0.4) is 0 Å². The van der Waals surface area contributed by atoms with E-state index in [-0.39, 0.29) is 11.9 Å². The molecule has 10 heteroatoms. The Kier molecular flexibility index (Phi) is 5.47. The van der Waals surface area contributed by atoms with Crippen LogP contribution in [-0.4, -0.2) is 57.5 Å². The highest BCUT2D eigenvalue weighted by molar-refractivity contribution is 5.93. The molecule has 0 saturated carbocycles. The zero-order chi connectivity index (χ0) is 22.8. The Bertz CT molecular complexity index is 1270. The SMILES string of the molecule is COc1cccc(-c2cc(C(=O)N[C@H]3CCN(c4ccc(-c5nc(C)no5)cn4)C3)[nH]n2)c1. The van der Waals surface area contributed by atoms with Gasteiger partial charge in [-0.25, -0.2) is 4.98 Å². The molecule has 0 spiro atoms. The number of hydrogen-bond donors (Lipinski definition) is 2. The number of aromatic amines is 1. The maximum Gasteiger partial charge on any atom is 0.269 e. The van der Waals surface area contributed by atoms with Crippen molar-refractivity contribution in [2.24, 2.45) is 0 Å². The first-order valence-corrected chi connectivity index (χ1v) is 10.6. The van der Waals surface area contributed by atoms with Crippen LogP contribution < -0.4 is 15.0 Å². The number of amides is 1. The van der Waals surface area contributed by atoms with Gasteiger partial charge in [-0.05, 0) is 43.7 Å². The lowest BCUT2D eigenvalue weighted by Gasteiger charge is -2.17. The van der Waals surface area contributed by atoms with Crippen LogP contribution in [0.5, 0.6) is 5.75 Å². The molecule has 10 nitrogen and oxygen atoms in total. The third kappa shape index (κ3) is 4.40. The maximum atomic E-state index is 12.8. The molecule has 1 aliphatic heterocycles. The number of pyridine rings is 1. The highest BCUT2D eigenvalue weighted by atomic mass is 16.5. The third-order valence-electron chi connectivity index (χ3n) is 5.56. The molecule has 4 aromatic rings. The van der Waals surface area contributed by atoms with E-state index >= 15 is 0 Å². The Hall–Kier alpha value is -4.21. The summed E-state index contributed by atoms with van der Waals surface area (Å²) < 4.78 is 10.4. The van der Waals surface area contributed by atoms with E-state index in [1.807, 2.05) is 36.4 Å². The quantitative estimate of drug-likeness (QED) is 0.465. The molecule has 4 heterocycles. The van der Waals surface area contributed by atoms with E-state index in [2.05, 4.69) is 35.5 Å². The van der Waals surface area contributed by atoms with Crippen LogP contribution >= 0.6 is 0 Å². The highest BCUT2D eigenvalue weighted by Crippen LogP contribution is 2.24. The Morgan fingerprint density at radius 2 is 2.15 bits per heavy atom. The molecule has 0 unspecified atom stereocenters. The van der Waals surface area contributed by atoms with Gasteiger partial charge in [0, 0.05) is 30.9 Å². The molecule has 0 radical (unpaired) electrons. The molecule has 1 atom stereocenters. The molecule has 2 N–H and O–H groups in total. The average molecular weight is 445 g/mol. The van der Waals surface area contributed by atoms with Gasteiger partial charge < -0.3 is 19.5 Å². The molecular weight excluding hydrogens is 422 g/mol. The number of aryl methyl sites for hydroxylation is 1. The van der Waals surface area contributed by atoms with Gasteiger partial charge in [0.1, 0.15) is 17.3 Å². The molecular formula is C23H23N7O3. The van der Waals surface area contributed by atoms with Crippen molar-refractivity contribution < 1.29 is 14.1 Å². The zero-order valence-electron chi connectivity index (χ0n) is 18.3. The van der Waals surface area contributed by atoms with Crippen molar-refractivity contribution in [1.29, 1.82) is 0 Å². The lowest BCUT2D eigenvalue weighted by molar-refractivity contribution is 0.0935. The summed E-state index contributed by atoms with van der Waals surface area (Å²) in [4.78, 5) is 23.6. The molecule has 1 aromatic carbocycles. The van der Waals surface area contributed by atoms with Gasteiger partial charge in [0.25, 0.3) is 11.8 Å².